The van der Waals surface area contributed by atoms with E-state index in [1.165, 1.54) is 0 Å². The Balaban J connectivity index is 2.45. The number of aliphatic hydroxyl groups is 2. The van der Waals surface area contributed by atoms with E-state index in [1.54, 1.807) is 14.2 Å². The van der Waals surface area contributed by atoms with E-state index in [1.807, 2.05) is 65.5 Å². The lowest BCUT2D eigenvalue weighted by atomic mass is 9.98. The van der Waals surface area contributed by atoms with E-state index < -0.39 is 16.7 Å². The van der Waals surface area contributed by atoms with Crippen molar-refractivity contribution in [2.75, 3.05) is 20.8 Å². The summed E-state index contributed by atoms with van der Waals surface area (Å²) in [4.78, 5) is 0. The van der Waals surface area contributed by atoms with Gasteiger partial charge in [0.1, 0.15) is 24.6 Å². The Morgan fingerprint density at radius 3 is 1.88 bits per heavy atom. The SMILES string of the molecule is C=CC[C@@H](C)[C@H](C[C@H](O)CCO)[S-](=O)=[N+](Cc1ccc(OC)cc1)Cc1ccc(OC)cc1. The molecule has 0 saturated carbocycles. The molecule has 3 atom stereocenters. The molecule has 182 valence electrons. The van der Waals surface area contributed by atoms with E-state index in [0.717, 1.165) is 22.6 Å². The number of methoxy groups -OCH3 is 2. The summed E-state index contributed by atoms with van der Waals surface area (Å²) in [6.07, 6.45) is 2.43. The first-order valence-corrected chi connectivity index (χ1v) is 12.4. The molecule has 0 aromatic heterocycles. The van der Waals surface area contributed by atoms with E-state index in [-0.39, 0.29) is 24.2 Å². The Hall–Kier alpha value is -2.35. The van der Waals surface area contributed by atoms with Crippen molar-refractivity contribution >= 4 is 10.6 Å². The van der Waals surface area contributed by atoms with Crippen molar-refractivity contribution in [2.24, 2.45) is 5.92 Å². The molecule has 0 aliphatic heterocycles. The van der Waals surface area contributed by atoms with Gasteiger partial charge in [0.2, 0.25) is 0 Å². The minimum absolute atomic E-state index is 0.0610. The van der Waals surface area contributed by atoms with Crippen molar-refractivity contribution in [1.29, 1.82) is 0 Å². The van der Waals surface area contributed by atoms with Crippen molar-refractivity contribution in [2.45, 2.75) is 50.6 Å². The second kappa shape index (κ2) is 14.0. The summed E-state index contributed by atoms with van der Waals surface area (Å²) in [5.41, 5.74) is 2.03. The zero-order valence-corrected chi connectivity index (χ0v) is 20.7. The van der Waals surface area contributed by atoms with Crippen LogP contribution in [0.15, 0.2) is 61.2 Å². The van der Waals surface area contributed by atoms with Gasteiger partial charge in [0.15, 0.2) is 0 Å². The standard InChI is InChI=1S/C26H37NO5S/c1-5-6-20(2)26(17-23(29)15-16-28)33(30)27(18-21-7-11-24(31-3)12-8-21)19-22-9-13-25(32-4)14-10-22/h5,7-14,20,23,26,28-29H,1,6,15-19H2,2-4H3/t20-,23-,26+/m1/s1. The summed E-state index contributed by atoms with van der Waals surface area (Å²) >= 11 is 0. The zero-order chi connectivity index (χ0) is 24.2. The molecule has 0 unspecified atom stereocenters. The second-order valence-electron chi connectivity index (χ2n) is 8.21. The van der Waals surface area contributed by atoms with E-state index in [0.29, 0.717) is 25.9 Å². The molecule has 0 amide bonds. The number of hydrogen-bond acceptors (Lipinski definition) is 6. The fourth-order valence-corrected chi connectivity index (χ4v) is 5.54. The van der Waals surface area contributed by atoms with Crippen molar-refractivity contribution in [3.63, 3.8) is 0 Å². The number of benzene rings is 2. The molecular weight excluding hydrogens is 438 g/mol. The van der Waals surface area contributed by atoms with Gasteiger partial charge in [-0.15, -0.1) is 6.58 Å². The maximum absolute atomic E-state index is 13.9. The van der Waals surface area contributed by atoms with Crippen LogP contribution in [0.2, 0.25) is 0 Å². The highest BCUT2D eigenvalue weighted by atomic mass is 32.2. The summed E-state index contributed by atoms with van der Waals surface area (Å²) in [5.74, 6) is 1.60. The smallest absolute Gasteiger partial charge is 0.149 e. The molecule has 0 heterocycles. The van der Waals surface area contributed by atoms with Crippen molar-refractivity contribution < 1.29 is 27.8 Å². The molecule has 0 fully saturated rings. The summed E-state index contributed by atoms with van der Waals surface area (Å²) in [6.45, 7) is 6.73. The first-order chi connectivity index (χ1) is 15.9. The number of aliphatic hydroxyl groups excluding tert-OH is 2. The fraction of sp³-hybridized carbons (Fsp3) is 0.462. The predicted molar refractivity (Wildman–Crippen MR) is 132 cm³/mol. The van der Waals surface area contributed by atoms with Crippen molar-refractivity contribution in [3.05, 3.63) is 72.3 Å². The highest BCUT2D eigenvalue weighted by Gasteiger charge is 2.20. The van der Waals surface area contributed by atoms with Crippen molar-refractivity contribution in [1.82, 2.24) is 0 Å². The van der Waals surface area contributed by atoms with Crippen LogP contribution < -0.4 is 9.47 Å². The van der Waals surface area contributed by atoms with E-state index in [9.17, 15) is 14.4 Å². The van der Waals surface area contributed by atoms with Crippen LogP contribution in [0.25, 0.3) is 0 Å². The quantitative estimate of drug-likeness (QED) is 0.242. The van der Waals surface area contributed by atoms with Gasteiger partial charge in [-0.2, -0.15) is 0 Å². The van der Waals surface area contributed by atoms with Crippen molar-refractivity contribution in [3.8, 4) is 11.5 Å². The lowest BCUT2D eigenvalue weighted by molar-refractivity contribution is -0.536. The van der Waals surface area contributed by atoms with Gasteiger partial charge >= 0.3 is 0 Å². The summed E-state index contributed by atoms with van der Waals surface area (Å²) in [7, 11) is 1.87. The van der Waals surface area contributed by atoms with Crippen LogP contribution in [0.1, 0.15) is 37.3 Å². The third-order valence-electron chi connectivity index (χ3n) is 5.69. The lowest BCUT2D eigenvalue weighted by Gasteiger charge is -2.28. The molecular formula is C26H37NO5S. The minimum Gasteiger partial charge on any atom is -0.497 e. The summed E-state index contributed by atoms with van der Waals surface area (Å²) < 4.78 is 26.4. The number of ether oxygens (including phenoxy) is 2. The fourth-order valence-electron chi connectivity index (χ4n) is 3.71. The molecule has 0 spiro atoms. The highest BCUT2D eigenvalue weighted by molar-refractivity contribution is 7.73. The van der Waals surface area contributed by atoms with E-state index in [4.69, 9.17) is 9.47 Å². The zero-order valence-electron chi connectivity index (χ0n) is 19.9. The third-order valence-corrected chi connectivity index (χ3v) is 7.63. The van der Waals surface area contributed by atoms with E-state index in [2.05, 4.69) is 6.58 Å². The van der Waals surface area contributed by atoms with Gasteiger partial charge in [0.05, 0.1) is 20.3 Å². The van der Waals surface area contributed by atoms with Gasteiger partial charge < -0.3 is 27.8 Å². The molecule has 0 saturated heterocycles. The third kappa shape index (κ3) is 8.50. The Labute approximate surface area is 199 Å². The van der Waals surface area contributed by atoms with Gasteiger partial charge in [-0.25, -0.2) is 0 Å². The monoisotopic (exact) mass is 475 g/mol. The molecule has 2 N–H and O–H groups in total. The minimum atomic E-state index is -1.39. The molecule has 2 rings (SSSR count). The molecule has 2 aromatic rings. The van der Waals surface area contributed by atoms with Crippen LogP contribution >= 0.6 is 0 Å². The Morgan fingerprint density at radius 2 is 1.48 bits per heavy atom. The van der Waals surface area contributed by atoms with Gasteiger partial charge in [0, 0.05) is 17.7 Å². The molecule has 6 nitrogen and oxygen atoms in total. The molecule has 0 radical (unpaired) electrons. The topological polar surface area (TPSA) is 79.0 Å². The maximum Gasteiger partial charge on any atom is 0.149 e. The Morgan fingerprint density at radius 1 is 1.00 bits per heavy atom. The number of allylic oxidation sites excluding steroid dienone is 1. The van der Waals surface area contributed by atoms with E-state index >= 15 is 0 Å². The van der Waals surface area contributed by atoms with Crippen LogP contribution in [0.5, 0.6) is 11.5 Å². The highest BCUT2D eigenvalue weighted by Crippen LogP contribution is 2.22. The van der Waals surface area contributed by atoms with Crippen LogP contribution in [0.3, 0.4) is 0 Å². The number of rotatable bonds is 14. The molecule has 0 bridgehead atoms. The van der Waals surface area contributed by atoms with Crippen LogP contribution in [-0.4, -0.2) is 46.3 Å². The van der Waals surface area contributed by atoms with Gasteiger partial charge in [-0.05, 0) is 89.6 Å². The first-order valence-electron chi connectivity index (χ1n) is 11.2. The summed E-state index contributed by atoms with van der Waals surface area (Å²) in [5, 5.41) is 19.4. The maximum atomic E-state index is 13.9. The largest absolute Gasteiger partial charge is 0.497 e. The van der Waals surface area contributed by atoms with Gasteiger partial charge in [-0.1, -0.05) is 13.0 Å². The number of hydrogen-bond donors (Lipinski definition) is 2. The molecule has 33 heavy (non-hydrogen) atoms. The second-order valence-corrected chi connectivity index (χ2v) is 9.89. The lowest BCUT2D eigenvalue weighted by Crippen LogP contribution is -2.30. The predicted octanol–water partition coefficient (Wildman–Crippen LogP) is 4.28. The molecule has 0 aliphatic rings. The molecule has 0 aliphatic carbocycles. The van der Waals surface area contributed by atoms with Gasteiger partial charge in [0.25, 0.3) is 0 Å². The molecule has 2 aromatic carbocycles. The normalized spacial score (nSPS) is 13.9. The first kappa shape index (κ1) is 26.9. The Bertz CT molecular complexity index is 885. The Kier molecular flexibility index (Phi) is 11.4. The number of nitrogens with zero attached hydrogens (tertiary/aromatic N) is 1. The van der Waals surface area contributed by atoms with Crippen LogP contribution in [0, 0.1) is 5.92 Å². The summed E-state index contributed by atoms with van der Waals surface area (Å²) in [6, 6.07) is 15.5. The average molecular weight is 476 g/mol. The molecule has 7 heteroatoms. The van der Waals surface area contributed by atoms with Crippen LogP contribution in [-0.2, 0) is 27.9 Å². The average Bonchev–Trinajstić information content (AvgIpc) is 2.83. The van der Waals surface area contributed by atoms with Crippen LogP contribution in [0.4, 0.5) is 0 Å². The van der Waals surface area contributed by atoms with Gasteiger partial charge in [-0.3, -0.25) is 0 Å².